The Bertz CT molecular complexity index is 1170. The number of nitrogens with one attached hydrogen (secondary N) is 1. The molecule has 0 spiro atoms. The molecule has 1 N–H and O–H groups in total. The van der Waals surface area contributed by atoms with Gasteiger partial charge < -0.3 is 9.73 Å². The molecule has 1 aromatic carbocycles. The quantitative estimate of drug-likeness (QED) is 0.731. The molecule has 4 rings (SSSR count). The number of hydrogen-bond donors (Lipinski definition) is 1. The van der Waals surface area contributed by atoms with Crippen LogP contribution in [-0.2, 0) is 9.59 Å². The van der Waals surface area contributed by atoms with Crippen molar-refractivity contribution in [3.63, 3.8) is 0 Å². The summed E-state index contributed by atoms with van der Waals surface area (Å²) in [6.45, 7) is 0. The number of fused-ring (bicyclic) bond motifs is 1. The van der Waals surface area contributed by atoms with E-state index in [0.29, 0.717) is 16.5 Å². The molecule has 0 aliphatic carbocycles. The lowest BCUT2D eigenvalue weighted by molar-refractivity contribution is -0.407. The first kappa shape index (κ1) is 20.7. The number of amides is 4. The van der Waals surface area contributed by atoms with Gasteiger partial charge in [0.2, 0.25) is 5.91 Å². The summed E-state index contributed by atoms with van der Waals surface area (Å²) >= 11 is 1.04. The molecule has 0 radical (unpaired) electrons. The molecule has 0 saturated heterocycles. The van der Waals surface area contributed by atoms with Crippen molar-refractivity contribution in [1.82, 2.24) is 4.90 Å². The third kappa shape index (κ3) is 4.04. The molecule has 1 aromatic heterocycles. The molecule has 3 heterocycles. The summed E-state index contributed by atoms with van der Waals surface area (Å²) < 4.78 is 20.0. The van der Waals surface area contributed by atoms with Gasteiger partial charge >= 0.3 is 11.9 Å². The summed E-state index contributed by atoms with van der Waals surface area (Å²) in [4.78, 5) is 47.4. The molecule has 31 heavy (non-hydrogen) atoms. The van der Waals surface area contributed by atoms with Crippen molar-refractivity contribution in [2.75, 3.05) is 25.2 Å². The van der Waals surface area contributed by atoms with Gasteiger partial charge in [-0.05, 0) is 30.3 Å². The van der Waals surface area contributed by atoms with Gasteiger partial charge in [-0.1, -0.05) is 22.8 Å². The number of carbonyl (C=O) groups excluding carboxylic acids is 3. The summed E-state index contributed by atoms with van der Waals surface area (Å²) in [5.74, 6) is -1.59. The second kappa shape index (κ2) is 8.26. The second-order valence-corrected chi connectivity index (χ2v) is 7.74. The average Bonchev–Trinajstić information content (AvgIpc) is 3.29. The fourth-order valence-corrected chi connectivity index (χ4v) is 3.98. The average molecular weight is 442 g/mol. The fraction of sp³-hybridized carbons (Fsp3) is 0.200. The topological polar surface area (TPSA) is 107 Å². The van der Waals surface area contributed by atoms with E-state index in [2.05, 4.69) is 15.3 Å². The van der Waals surface area contributed by atoms with Gasteiger partial charge in [0.25, 0.3) is 11.7 Å². The zero-order chi connectivity index (χ0) is 22.1. The van der Waals surface area contributed by atoms with Gasteiger partial charge in [0.15, 0.2) is 11.7 Å². The molecular weight excluding hydrogens is 425 g/mol. The van der Waals surface area contributed by atoms with Gasteiger partial charge in [0, 0.05) is 5.69 Å². The van der Waals surface area contributed by atoms with E-state index in [-0.39, 0.29) is 17.4 Å². The molecule has 1 atom stereocenters. The maximum absolute atomic E-state index is 13.3. The zero-order valence-electron chi connectivity index (χ0n) is 16.5. The minimum atomic E-state index is -0.918. The predicted molar refractivity (Wildman–Crippen MR) is 113 cm³/mol. The molecular formula is C20H17FN5O4S+. The first-order valence-corrected chi connectivity index (χ1v) is 10.1. The number of urea groups is 1. The SMILES string of the molecule is CN1C(=O)C2C(SCC(=O)Nc3cccc(F)c3)=NC(c3ccco3)=NC2=[N+](C)C1=O. The van der Waals surface area contributed by atoms with Crippen LogP contribution in [0.4, 0.5) is 14.9 Å². The summed E-state index contributed by atoms with van der Waals surface area (Å²) in [6.07, 6.45) is 1.46. The van der Waals surface area contributed by atoms with E-state index in [1.54, 1.807) is 18.2 Å². The van der Waals surface area contributed by atoms with Crippen LogP contribution in [0, 0.1) is 11.7 Å². The van der Waals surface area contributed by atoms with Crippen LogP contribution < -0.4 is 5.32 Å². The number of amidine groups is 2. The smallest absolute Gasteiger partial charge is 0.445 e. The van der Waals surface area contributed by atoms with Crippen LogP contribution >= 0.6 is 11.8 Å². The third-order valence-electron chi connectivity index (χ3n) is 4.64. The second-order valence-electron chi connectivity index (χ2n) is 6.74. The van der Waals surface area contributed by atoms with Crippen LogP contribution in [0.2, 0.25) is 0 Å². The molecule has 1 unspecified atom stereocenters. The van der Waals surface area contributed by atoms with Gasteiger partial charge in [0.05, 0.1) is 26.1 Å². The number of nitrogens with zero attached hydrogens (tertiary/aromatic N) is 4. The number of carbonyl (C=O) groups is 3. The fourth-order valence-electron chi connectivity index (χ4n) is 3.11. The number of thioether (sulfide) groups is 1. The molecule has 2 aliphatic rings. The number of anilines is 1. The van der Waals surface area contributed by atoms with Crippen molar-refractivity contribution in [3.05, 3.63) is 54.2 Å². The third-order valence-corrected chi connectivity index (χ3v) is 5.67. The predicted octanol–water partition coefficient (Wildman–Crippen LogP) is 2.20. The Balaban J connectivity index is 1.61. The Kier molecular flexibility index (Phi) is 5.51. The highest BCUT2D eigenvalue weighted by atomic mass is 32.2. The molecule has 0 fully saturated rings. The van der Waals surface area contributed by atoms with Crippen LogP contribution in [0.3, 0.4) is 0 Å². The summed E-state index contributed by atoms with van der Waals surface area (Å²) in [7, 11) is 2.89. The lowest BCUT2D eigenvalue weighted by Crippen LogP contribution is -2.54. The van der Waals surface area contributed by atoms with Crippen LogP contribution in [-0.4, -0.2) is 63.9 Å². The van der Waals surface area contributed by atoms with Gasteiger partial charge in [-0.15, -0.1) is 0 Å². The number of benzene rings is 1. The molecule has 0 bridgehead atoms. The first-order chi connectivity index (χ1) is 14.8. The van der Waals surface area contributed by atoms with Gasteiger partial charge in [-0.25, -0.2) is 14.2 Å². The number of rotatable bonds is 4. The van der Waals surface area contributed by atoms with Crippen LogP contribution in [0.1, 0.15) is 5.76 Å². The standard InChI is InChI=1S/C20H16FN5O4S/c1-25-17-15(19(28)26(2)20(25)29)18(24-16(23-17)13-7-4-8-30-13)31-10-14(27)22-12-6-3-5-11(21)9-12/h3-9,15H,10H2,1-2H3/p+1. The number of halogens is 1. The minimum Gasteiger partial charge on any atom is -0.459 e. The zero-order valence-corrected chi connectivity index (χ0v) is 17.4. The van der Waals surface area contributed by atoms with Crippen LogP contribution in [0.25, 0.3) is 0 Å². The Labute approximate surface area is 180 Å². The lowest BCUT2D eigenvalue weighted by Gasteiger charge is -2.26. The van der Waals surface area contributed by atoms with E-state index in [1.165, 1.54) is 43.1 Å². The van der Waals surface area contributed by atoms with Crippen molar-refractivity contribution >= 4 is 52.0 Å². The van der Waals surface area contributed by atoms with E-state index in [9.17, 15) is 18.8 Å². The number of imide groups is 1. The van der Waals surface area contributed by atoms with E-state index >= 15 is 0 Å². The summed E-state index contributed by atoms with van der Waals surface area (Å²) in [6, 6.07) is 8.33. The Morgan fingerprint density at radius 1 is 1.29 bits per heavy atom. The summed E-state index contributed by atoms with van der Waals surface area (Å²) in [5.41, 5.74) is 0.320. The number of aliphatic imine (C=N–C) groups is 2. The maximum atomic E-state index is 13.3. The van der Waals surface area contributed by atoms with E-state index in [1.807, 2.05) is 0 Å². The molecule has 0 saturated carbocycles. The van der Waals surface area contributed by atoms with Gasteiger partial charge in [-0.2, -0.15) is 9.48 Å². The van der Waals surface area contributed by atoms with Crippen molar-refractivity contribution in [3.8, 4) is 0 Å². The number of hydrogen-bond acceptors (Lipinski definition) is 7. The molecule has 2 aromatic rings. The van der Waals surface area contributed by atoms with E-state index in [0.717, 1.165) is 16.7 Å². The summed E-state index contributed by atoms with van der Waals surface area (Å²) in [5, 5.41) is 2.91. The lowest BCUT2D eigenvalue weighted by atomic mass is 10.0. The van der Waals surface area contributed by atoms with Crippen molar-refractivity contribution in [2.24, 2.45) is 15.9 Å². The van der Waals surface area contributed by atoms with Crippen molar-refractivity contribution in [2.45, 2.75) is 0 Å². The molecule has 158 valence electrons. The Morgan fingerprint density at radius 2 is 2.10 bits per heavy atom. The largest absolute Gasteiger partial charge is 0.459 e. The Hall–Kier alpha value is -3.60. The number of furan rings is 1. The minimum absolute atomic E-state index is 0.0841. The normalized spacial score (nSPS) is 18.5. The highest BCUT2D eigenvalue weighted by Crippen LogP contribution is 2.26. The highest BCUT2D eigenvalue weighted by Gasteiger charge is 2.49. The van der Waals surface area contributed by atoms with Crippen molar-refractivity contribution < 1.29 is 27.8 Å². The molecule has 9 nitrogen and oxygen atoms in total. The molecule has 2 aliphatic heterocycles. The van der Waals surface area contributed by atoms with Crippen LogP contribution in [0.15, 0.2) is 57.1 Å². The van der Waals surface area contributed by atoms with Crippen LogP contribution in [0.5, 0.6) is 0 Å². The van der Waals surface area contributed by atoms with E-state index < -0.39 is 29.6 Å². The van der Waals surface area contributed by atoms with E-state index in [4.69, 9.17) is 4.42 Å². The molecule has 11 heteroatoms. The molecule has 4 amide bonds. The Morgan fingerprint density at radius 3 is 2.81 bits per heavy atom. The maximum Gasteiger partial charge on any atom is 0.445 e. The monoisotopic (exact) mass is 442 g/mol. The highest BCUT2D eigenvalue weighted by molar-refractivity contribution is 8.14. The van der Waals surface area contributed by atoms with Crippen molar-refractivity contribution in [1.29, 1.82) is 0 Å². The van der Waals surface area contributed by atoms with Gasteiger partial charge in [-0.3, -0.25) is 9.59 Å². The first-order valence-electron chi connectivity index (χ1n) is 9.16. The van der Waals surface area contributed by atoms with Gasteiger partial charge in [0.1, 0.15) is 10.9 Å².